The summed E-state index contributed by atoms with van der Waals surface area (Å²) in [7, 11) is -4.40. The van der Waals surface area contributed by atoms with Gasteiger partial charge in [-0.15, -0.1) is 0 Å². The molecule has 0 bridgehead atoms. The predicted octanol–water partition coefficient (Wildman–Crippen LogP) is 12.3. The van der Waals surface area contributed by atoms with Crippen molar-refractivity contribution in [2.75, 3.05) is 26.4 Å². The molecule has 1 fully saturated rings. The van der Waals surface area contributed by atoms with Crippen LogP contribution >= 0.6 is 7.82 Å². The predicted molar refractivity (Wildman–Crippen MR) is 237 cm³/mol. The summed E-state index contributed by atoms with van der Waals surface area (Å²) in [6, 6.07) is 0. The second-order valence-electron chi connectivity index (χ2n) is 15.3. The number of hydrogen-bond donors (Lipinski definition) is 2. The summed E-state index contributed by atoms with van der Waals surface area (Å²) in [5.74, 6) is -0.929. The highest BCUT2D eigenvalue weighted by Gasteiger charge is 2.36. The first-order chi connectivity index (χ1) is 28.3. The second-order valence-corrected chi connectivity index (χ2v) is 16.7. The van der Waals surface area contributed by atoms with Gasteiger partial charge >= 0.3 is 19.8 Å². The van der Waals surface area contributed by atoms with E-state index in [1.54, 1.807) is 0 Å². The topological polar surface area (TPSA) is 147 Å². The van der Waals surface area contributed by atoms with Gasteiger partial charge in [0.15, 0.2) is 6.10 Å². The van der Waals surface area contributed by atoms with Crippen LogP contribution in [0.3, 0.4) is 0 Å². The second kappa shape index (κ2) is 38.8. The Kier molecular flexibility index (Phi) is 36.0. The fraction of sp³-hybridized carbons (Fsp3) is 0.745. The molecule has 1 aliphatic heterocycles. The van der Waals surface area contributed by atoms with Crippen LogP contribution in [0, 0.1) is 0 Å². The van der Waals surface area contributed by atoms with Gasteiger partial charge in [0.25, 0.3) is 0 Å². The number of carbonyl (C=O) groups is 2. The standard InChI is InChI=1S/C47H82NO9P/c1-3-5-7-8-9-10-11-12-13-14-15-16-20-23-26-29-33-37-46(49)53-41-43(42-55-58(51,52)54-40-39-48)56-47(50)38-34-30-27-24-21-18-17-19-22-25-28-32-36-45-44(57-45)35-31-6-4-2/h6,18-19,21-22,27-28,30-32,43-45H,3-5,7-17,20,23-26,29,33-42,48H2,1-2H3,(H,51,52)/b21-18-,22-19-,30-27-,31-6-,32-28-/t43-,44?,45?/m1/s1. The van der Waals surface area contributed by atoms with Gasteiger partial charge in [0.1, 0.15) is 6.61 Å². The highest BCUT2D eigenvalue weighted by Crippen LogP contribution is 2.43. The number of nitrogens with two attached hydrogens (primary N) is 1. The van der Waals surface area contributed by atoms with Gasteiger partial charge in [0.2, 0.25) is 0 Å². The van der Waals surface area contributed by atoms with Gasteiger partial charge in [-0.05, 0) is 51.4 Å². The highest BCUT2D eigenvalue weighted by atomic mass is 31.2. The Morgan fingerprint density at radius 1 is 0.621 bits per heavy atom. The van der Waals surface area contributed by atoms with Crippen LogP contribution in [-0.2, 0) is 37.4 Å². The Morgan fingerprint density at radius 2 is 1.10 bits per heavy atom. The zero-order valence-corrected chi connectivity index (χ0v) is 37.4. The third-order valence-corrected chi connectivity index (χ3v) is 10.8. The number of ether oxygens (including phenoxy) is 3. The number of epoxide rings is 1. The highest BCUT2D eigenvalue weighted by molar-refractivity contribution is 7.47. The van der Waals surface area contributed by atoms with Gasteiger partial charge in [-0.25, -0.2) is 4.57 Å². The zero-order chi connectivity index (χ0) is 42.2. The molecule has 0 amide bonds. The average molecular weight is 836 g/mol. The van der Waals surface area contributed by atoms with Crippen molar-refractivity contribution in [2.45, 2.75) is 199 Å². The Labute approximate surface area is 353 Å². The minimum Gasteiger partial charge on any atom is -0.462 e. The molecule has 0 radical (unpaired) electrons. The molecule has 11 heteroatoms. The number of hydrogen-bond acceptors (Lipinski definition) is 9. The number of unbranched alkanes of at least 4 members (excludes halogenated alkanes) is 16. The maximum atomic E-state index is 12.6. The van der Waals surface area contributed by atoms with Crippen molar-refractivity contribution >= 4 is 19.8 Å². The lowest BCUT2D eigenvalue weighted by molar-refractivity contribution is -0.161. The van der Waals surface area contributed by atoms with Crippen molar-refractivity contribution in [1.29, 1.82) is 0 Å². The third kappa shape index (κ3) is 35.6. The molecule has 4 atom stereocenters. The SMILES string of the molecule is CC/C=C\CC1OC1C/C=C\C/C=C\C/C=C\C/C=C\CCC(=O)O[C@H](COC(=O)CCCCCCCCCCCCCCCCCCC)COP(=O)(O)OCCN. The van der Waals surface area contributed by atoms with Gasteiger partial charge < -0.3 is 24.8 Å². The molecule has 10 nitrogen and oxygen atoms in total. The van der Waals surface area contributed by atoms with Crippen LogP contribution in [-0.4, -0.2) is 61.5 Å². The van der Waals surface area contributed by atoms with E-state index < -0.39 is 32.5 Å². The van der Waals surface area contributed by atoms with E-state index in [0.29, 0.717) is 18.6 Å². The van der Waals surface area contributed by atoms with Gasteiger partial charge in [-0.2, -0.15) is 0 Å². The molecule has 0 aromatic rings. The molecule has 0 aliphatic carbocycles. The molecule has 58 heavy (non-hydrogen) atoms. The van der Waals surface area contributed by atoms with Crippen molar-refractivity contribution in [3.63, 3.8) is 0 Å². The quantitative estimate of drug-likeness (QED) is 0.0200. The van der Waals surface area contributed by atoms with E-state index in [9.17, 15) is 19.0 Å². The van der Waals surface area contributed by atoms with Gasteiger partial charge in [-0.1, -0.05) is 177 Å². The minimum atomic E-state index is -4.40. The summed E-state index contributed by atoms with van der Waals surface area (Å²) in [6.45, 7) is 3.53. The van der Waals surface area contributed by atoms with Crippen LogP contribution in [0.2, 0.25) is 0 Å². The lowest BCUT2D eigenvalue weighted by Gasteiger charge is -2.19. The van der Waals surface area contributed by atoms with Gasteiger partial charge in [-0.3, -0.25) is 18.6 Å². The number of rotatable bonds is 41. The molecule has 1 rings (SSSR count). The first-order valence-corrected chi connectivity index (χ1v) is 24.4. The largest absolute Gasteiger partial charge is 0.472 e. The van der Waals surface area contributed by atoms with Gasteiger partial charge in [0, 0.05) is 19.4 Å². The number of allylic oxidation sites excluding steroid dienone is 8. The number of esters is 2. The first-order valence-electron chi connectivity index (χ1n) is 22.9. The third-order valence-electron chi connectivity index (χ3n) is 9.83. The van der Waals surface area contributed by atoms with Crippen molar-refractivity contribution in [2.24, 2.45) is 5.73 Å². The van der Waals surface area contributed by atoms with E-state index in [1.165, 1.54) is 89.9 Å². The van der Waals surface area contributed by atoms with E-state index in [0.717, 1.165) is 57.8 Å². The van der Waals surface area contributed by atoms with Crippen molar-refractivity contribution in [3.05, 3.63) is 60.8 Å². The molecule has 3 N–H and O–H groups in total. The molecule has 1 aliphatic rings. The van der Waals surface area contributed by atoms with E-state index >= 15 is 0 Å². The number of carbonyl (C=O) groups excluding carboxylic acids is 2. The molecular formula is C47H82NO9P. The van der Waals surface area contributed by atoms with Crippen LogP contribution in [0.4, 0.5) is 0 Å². The average Bonchev–Trinajstić information content (AvgIpc) is 3.97. The summed E-state index contributed by atoms with van der Waals surface area (Å²) in [5, 5.41) is 0. The van der Waals surface area contributed by atoms with E-state index in [4.69, 9.17) is 29.0 Å². The lowest BCUT2D eigenvalue weighted by Crippen LogP contribution is -2.29. The van der Waals surface area contributed by atoms with Crippen LogP contribution in [0.5, 0.6) is 0 Å². The summed E-state index contributed by atoms with van der Waals surface area (Å²) >= 11 is 0. The van der Waals surface area contributed by atoms with E-state index in [-0.39, 0.29) is 32.6 Å². The molecule has 1 heterocycles. The normalized spacial score (nSPS) is 17.3. The van der Waals surface area contributed by atoms with Crippen molar-refractivity contribution in [3.8, 4) is 0 Å². The molecule has 334 valence electrons. The first kappa shape index (κ1) is 53.7. The Morgan fingerprint density at radius 3 is 1.62 bits per heavy atom. The summed E-state index contributed by atoms with van der Waals surface area (Å²) in [5.41, 5.74) is 5.35. The maximum absolute atomic E-state index is 12.6. The number of phosphoric acid groups is 1. The number of phosphoric ester groups is 1. The lowest BCUT2D eigenvalue weighted by atomic mass is 10.0. The molecule has 0 spiro atoms. The molecule has 0 aromatic carbocycles. The van der Waals surface area contributed by atoms with Crippen LogP contribution in [0.1, 0.15) is 181 Å². The Balaban J connectivity index is 2.20. The molecule has 0 aromatic heterocycles. The fourth-order valence-electron chi connectivity index (χ4n) is 6.35. The van der Waals surface area contributed by atoms with Crippen LogP contribution in [0.15, 0.2) is 60.8 Å². The summed E-state index contributed by atoms with van der Waals surface area (Å²) in [6.07, 6.45) is 48.8. The summed E-state index contributed by atoms with van der Waals surface area (Å²) < 4.78 is 38.4. The molecule has 0 saturated carbocycles. The fourth-order valence-corrected chi connectivity index (χ4v) is 7.11. The Hall–Kier alpha value is -2.33. The zero-order valence-electron chi connectivity index (χ0n) is 36.5. The van der Waals surface area contributed by atoms with Gasteiger partial charge in [0.05, 0.1) is 25.4 Å². The Bertz CT molecular complexity index is 1200. The van der Waals surface area contributed by atoms with E-state index in [1.807, 2.05) is 12.2 Å². The van der Waals surface area contributed by atoms with Crippen LogP contribution in [0.25, 0.3) is 0 Å². The monoisotopic (exact) mass is 836 g/mol. The van der Waals surface area contributed by atoms with Crippen LogP contribution < -0.4 is 5.73 Å². The molecule has 3 unspecified atom stereocenters. The van der Waals surface area contributed by atoms with Crippen molar-refractivity contribution < 1.29 is 42.3 Å². The smallest absolute Gasteiger partial charge is 0.462 e. The van der Waals surface area contributed by atoms with E-state index in [2.05, 4.69) is 62.5 Å². The molecular weight excluding hydrogens is 753 g/mol. The maximum Gasteiger partial charge on any atom is 0.472 e. The summed E-state index contributed by atoms with van der Waals surface area (Å²) in [4.78, 5) is 34.9. The minimum absolute atomic E-state index is 0.0386. The molecule has 1 saturated heterocycles. The van der Waals surface area contributed by atoms with Crippen molar-refractivity contribution in [1.82, 2.24) is 0 Å².